The van der Waals surface area contributed by atoms with Crippen LogP contribution in [0.5, 0.6) is 0 Å². The number of carbonyl (C=O) groups excluding carboxylic acids is 1. The number of anilines is 1. The molecule has 2 aromatic heterocycles. The van der Waals surface area contributed by atoms with Crippen molar-refractivity contribution in [1.29, 1.82) is 0 Å². The second-order valence-corrected chi connectivity index (χ2v) is 8.97. The van der Waals surface area contributed by atoms with Gasteiger partial charge in [-0.05, 0) is 76.3 Å². The summed E-state index contributed by atoms with van der Waals surface area (Å²) in [5.41, 5.74) is 13.7. The predicted octanol–water partition coefficient (Wildman–Crippen LogP) is 8.32. The number of aromatic nitrogens is 2. The third kappa shape index (κ3) is 10.2. The highest BCUT2D eigenvalue weighted by atomic mass is 16.1. The van der Waals surface area contributed by atoms with Crippen molar-refractivity contribution in [3.05, 3.63) is 175 Å². The van der Waals surface area contributed by atoms with Crippen LogP contribution in [0, 0.1) is 6.08 Å². The molecule has 0 spiro atoms. The Hall–Kier alpha value is -5.64. The van der Waals surface area contributed by atoms with Crippen LogP contribution in [0.4, 0.5) is 5.69 Å². The minimum Gasteiger partial charge on any atom is -0.381 e. The summed E-state index contributed by atoms with van der Waals surface area (Å²) in [4.78, 5) is 18.6. The molecule has 0 atom stereocenters. The highest BCUT2D eigenvalue weighted by molar-refractivity contribution is 5.78. The molecule has 5 aromatic rings. The molecule has 42 heavy (non-hydrogen) atoms. The lowest BCUT2D eigenvalue weighted by Crippen LogP contribution is -1.99. The van der Waals surface area contributed by atoms with Crippen molar-refractivity contribution in [2.45, 2.75) is 14.0 Å². The summed E-state index contributed by atoms with van der Waals surface area (Å²) in [5, 5.41) is 3.43. The molecule has 0 saturated carbocycles. The number of pyridine rings is 2. The molecule has 0 radical (unpaired) electrons. The van der Waals surface area contributed by atoms with Gasteiger partial charge in [-0.15, -0.1) is 0 Å². The van der Waals surface area contributed by atoms with E-state index in [9.17, 15) is 4.79 Å². The number of allylic oxidation sites excluding steroid dienone is 5. The Balaban J connectivity index is 0.000000191. The fraction of sp³-hybridized carbons (Fsp3) is 0.0541. The van der Waals surface area contributed by atoms with Gasteiger partial charge < -0.3 is 11.1 Å². The lowest BCUT2D eigenvalue weighted by molar-refractivity contribution is 0.112. The Labute approximate surface area is 248 Å². The minimum atomic E-state index is 0. The van der Waals surface area contributed by atoms with Crippen molar-refractivity contribution >= 4 is 12.0 Å². The van der Waals surface area contributed by atoms with Crippen LogP contribution >= 0.6 is 0 Å². The molecule has 0 fully saturated rings. The molecule has 1 aliphatic rings. The van der Waals surface area contributed by atoms with E-state index in [4.69, 9.17) is 5.73 Å². The third-order valence-electron chi connectivity index (χ3n) is 5.98. The number of rotatable bonds is 6. The molecule has 6 rings (SSSR count). The summed E-state index contributed by atoms with van der Waals surface area (Å²) >= 11 is 0. The molecule has 3 aromatic carbocycles. The van der Waals surface area contributed by atoms with Crippen LogP contribution in [-0.4, -0.2) is 16.3 Å². The van der Waals surface area contributed by atoms with Crippen molar-refractivity contribution in [2.24, 2.45) is 5.73 Å². The standard InChI is InChI=1S/C18H16N2.C12H9NO.C6H6N.CH4/c1-2-7-18(8-3-1)20-14-15-5-4-6-17(13-15)16-9-11-19-12-10-16;14-9-10-2-1-3-12(8-10)11-4-6-13-7-5-11;7-6-4-2-1-3-5-6;/h1-13,20H,14H2;1-9H;1-2,4-5H,7H2;1H4/q;;+1;. The van der Waals surface area contributed by atoms with Crippen molar-refractivity contribution in [3.8, 4) is 22.3 Å². The lowest BCUT2D eigenvalue weighted by Gasteiger charge is -2.08. The van der Waals surface area contributed by atoms with Crippen LogP contribution in [-0.2, 0) is 6.54 Å². The summed E-state index contributed by atoms with van der Waals surface area (Å²) in [6, 6.07) is 34.2. The van der Waals surface area contributed by atoms with Crippen LogP contribution in [0.3, 0.4) is 0 Å². The Bertz CT molecular complexity index is 1600. The Morgan fingerprint density at radius 2 is 1.33 bits per heavy atom. The zero-order chi connectivity index (χ0) is 28.5. The van der Waals surface area contributed by atoms with E-state index in [1.54, 1.807) is 24.5 Å². The monoisotopic (exact) mass is 551 g/mol. The van der Waals surface area contributed by atoms with E-state index in [0.717, 1.165) is 35.3 Å². The summed E-state index contributed by atoms with van der Waals surface area (Å²) in [6.07, 6.45) is 18.1. The Kier molecular flexibility index (Phi) is 12.6. The van der Waals surface area contributed by atoms with Gasteiger partial charge in [-0.3, -0.25) is 14.8 Å². The number of para-hydroxylation sites is 1. The molecule has 5 heteroatoms. The van der Waals surface area contributed by atoms with Gasteiger partial charge in [-0.25, -0.2) is 0 Å². The molecule has 1 aliphatic carbocycles. The maximum Gasteiger partial charge on any atom is 0.150 e. The van der Waals surface area contributed by atoms with Gasteiger partial charge in [0.05, 0.1) is 6.08 Å². The van der Waals surface area contributed by atoms with Gasteiger partial charge in [0.1, 0.15) is 24.1 Å². The second-order valence-electron chi connectivity index (χ2n) is 8.97. The number of nitrogens with two attached hydrogens (primary N) is 1. The highest BCUT2D eigenvalue weighted by Crippen LogP contribution is 2.20. The van der Waals surface area contributed by atoms with Gasteiger partial charge in [-0.1, -0.05) is 62.0 Å². The summed E-state index contributed by atoms with van der Waals surface area (Å²) in [6.45, 7) is 0.822. The van der Waals surface area contributed by atoms with Gasteiger partial charge in [-0.2, -0.15) is 0 Å². The molecule has 2 heterocycles. The second kappa shape index (κ2) is 17.1. The fourth-order valence-corrected chi connectivity index (χ4v) is 3.91. The fourth-order valence-electron chi connectivity index (χ4n) is 3.91. The van der Waals surface area contributed by atoms with Crippen LogP contribution in [0.15, 0.2) is 158 Å². The molecular weight excluding hydrogens is 516 g/mol. The largest absolute Gasteiger partial charge is 0.381 e. The molecule has 0 bridgehead atoms. The van der Waals surface area contributed by atoms with E-state index in [2.05, 4.69) is 57.8 Å². The van der Waals surface area contributed by atoms with Gasteiger partial charge >= 0.3 is 0 Å². The molecule has 208 valence electrons. The van der Waals surface area contributed by atoms with E-state index >= 15 is 0 Å². The van der Waals surface area contributed by atoms with Crippen LogP contribution in [0.2, 0.25) is 0 Å². The Morgan fingerprint density at radius 1 is 0.714 bits per heavy atom. The predicted molar refractivity (Wildman–Crippen MR) is 174 cm³/mol. The molecule has 0 unspecified atom stereocenters. The zero-order valence-corrected chi connectivity index (χ0v) is 22.6. The molecule has 0 aliphatic heterocycles. The van der Waals surface area contributed by atoms with Crippen molar-refractivity contribution < 1.29 is 4.79 Å². The summed E-state index contributed by atoms with van der Waals surface area (Å²) < 4.78 is 0. The smallest absolute Gasteiger partial charge is 0.150 e. The highest BCUT2D eigenvalue weighted by Gasteiger charge is 2.00. The van der Waals surface area contributed by atoms with E-state index in [1.165, 1.54) is 16.7 Å². The van der Waals surface area contributed by atoms with Crippen LogP contribution in [0.1, 0.15) is 23.3 Å². The van der Waals surface area contributed by atoms with Gasteiger partial charge in [0, 0.05) is 54.7 Å². The molecule has 0 saturated heterocycles. The summed E-state index contributed by atoms with van der Waals surface area (Å²) in [5.74, 6) is 0. The number of hydrogen-bond acceptors (Lipinski definition) is 5. The molecular formula is C37H35N4O+. The molecule has 3 N–H and O–H groups in total. The number of benzene rings is 3. The van der Waals surface area contributed by atoms with E-state index in [1.807, 2.05) is 91.3 Å². The Morgan fingerprint density at radius 3 is 1.88 bits per heavy atom. The molecule has 5 nitrogen and oxygen atoms in total. The first-order chi connectivity index (χ1) is 20.2. The first-order valence-electron chi connectivity index (χ1n) is 13.2. The first kappa shape index (κ1) is 30.9. The number of aldehydes is 1. The average Bonchev–Trinajstić information content (AvgIpc) is 3.06. The normalized spacial score (nSPS) is 10.7. The van der Waals surface area contributed by atoms with E-state index in [-0.39, 0.29) is 7.43 Å². The first-order valence-corrected chi connectivity index (χ1v) is 13.2. The van der Waals surface area contributed by atoms with Crippen molar-refractivity contribution in [2.75, 3.05) is 5.32 Å². The van der Waals surface area contributed by atoms with Crippen LogP contribution in [0.25, 0.3) is 22.3 Å². The third-order valence-corrected chi connectivity index (χ3v) is 5.98. The van der Waals surface area contributed by atoms with Crippen molar-refractivity contribution in [3.63, 3.8) is 0 Å². The zero-order valence-electron chi connectivity index (χ0n) is 22.6. The van der Waals surface area contributed by atoms with Gasteiger partial charge in [0.2, 0.25) is 0 Å². The lowest BCUT2D eigenvalue weighted by atomic mass is 10.0. The van der Waals surface area contributed by atoms with E-state index in [0.29, 0.717) is 5.56 Å². The average molecular weight is 552 g/mol. The maximum atomic E-state index is 10.6. The number of carbonyl (C=O) groups is 1. The number of hydrogen-bond donors (Lipinski definition) is 2. The number of nitrogens with one attached hydrogen (secondary N) is 1. The molecule has 0 amide bonds. The SMILES string of the molecule is C.NC1=CC=C[C+]=C1.O=Cc1cccc(-c2ccncc2)c1.c1ccc(NCc2cccc(-c3ccncc3)c2)cc1. The minimum absolute atomic E-state index is 0. The maximum absolute atomic E-state index is 10.6. The van der Waals surface area contributed by atoms with Crippen molar-refractivity contribution in [1.82, 2.24) is 9.97 Å². The summed E-state index contributed by atoms with van der Waals surface area (Å²) in [7, 11) is 0. The quantitative estimate of drug-likeness (QED) is 0.164. The van der Waals surface area contributed by atoms with Gasteiger partial charge in [0.25, 0.3) is 0 Å². The topological polar surface area (TPSA) is 80.9 Å². The van der Waals surface area contributed by atoms with Crippen LogP contribution < -0.4 is 11.1 Å². The number of nitrogens with zero attached hydrogens (tertiary/aromatic N) is 2. The van der Waals surface area contributed by atoms with Gasteiger partial charge in [0.15, 0.2) is 0 Å². The van der Waals surface area contributed by atoms with E-state index < -0.39 is 0 Å².